The maximum Gasteiger partial charge on any atom is 0.134 e. The Labute approximate surface area is 114 Å². The average Bonchev–Trinajstić information content (AvgIpc) is 2.81. The van der Waals surface area contributed by atoms with E-state index in [0.29, 0.717) is 11.2 Å². The first-order chi connectivity index (χ1) is 8.78. The maximum atomic E-state index is 6.10. The van der Waals surface area contributed by atoms with Crippen molar-refractivity contribution in [1.82, 2.24) is 9.97 Å². The summed E-state index contributed by atoms with van der Waals surface area (Å²) in [4.78, 5) is 11.4. The van der Waals surface area contributed by atoms with Crippen LogP contribution in [0, 0.1) is 5.92 Å². The highest BCUT2D eigenvalue weighted by Gasteiger charge is 2.36. The summed E-state index contributed by atoms with van der Waals surface area (Å²) in [6.45, 7) is 3.20. The van der Waals surface area contributed by atoms with Crippen LogP contribution >= 0.6 is 11.6 Å². The zero-order valence-electron chi connectivity index (χ0n) is 10.9. The normalized spacial score (nSPS) is 27.3. The zero-order chi connectivity index (χ0) is 12.5. The molecule has 0 radical (unpaired) electrons. The van der Waals surface area contributed by atoms with E-state index in [1.54, 1.807) is 0 Å². The lowest BCUT2D eigenvalue weighted by Gasteiger charge is -2.32. The van der Waals surface area contributed by atoms with E-state index < -0.39 is 0 Å². The van der Waals surface area contributed by atoms with Crippen LogP contribution in [-0.2, 0) is 6.42 Å². The third-order valence-corrected chi connectivity index (χ3v) is 4.54. The van der Waals surface area contributed by atoms with Gasteiger partial charge in [-0.3, -0.25) is 0 Å². The summed E-state index contributed by atoms with van der Waals surface area (Å²) in [5.74, 6) is 2.77. The van der Waals surface area contributed by atoms with E-state index in [1.165, 1.54) is 32.1 Å². The molecule has 1 saturated heterocycles. The molecule has 0 spiro atoms. The maximum absolute atomic E-state index is 6.10. The number of hydrogen-bond donors (Lipinski definition) is 0. The quantitative estimate of drug-likeness (QED) is 0.767. The molecule has 0 bridgehead atoms. The lowest BCUT2D eigenvalue weighted by molar-refractivity contribution is 0.341. The van der Waals surface area contributed by atoms with Gasteiger partial charge in [-0.25, -0.2) is 9.97 Å². The molecule has 3 rings (SSSR count). The molecule has 18 heavy (non-hydrogen) atoms. The van der Waals surface area contributed by atoms with Gasteiger partial charge >= 0.3 is 0 Å². The third kappa shape index (κ3) is 2.20. The number of rotatable bonds is 2. The fourth-order valence-electron chi connectivity index (χ4n) is 3.45. The second kappa shape index (κ2) is 5.04. The second-order valence-electron chi connectivity index (χ2n) is 5.41. The summed E-state index contributed by atoms with van der Waals surface area (Å²) in [6.07, 6.45) is 7.62. The molecule has 4 heteroatoms. The average molecular weight is 266 g/mol. The Hall–Kier alpha value is -0.830. The predicted molar refractivity (Wildman–Crippen MR) is 74.1 cm³/mol. The lowest BCUT2D eigenvalue weighted by Crippen LogP contribution is -2.35. The molecular weight excluding hydrogens is 246 g/mol. The van der Waals surface area contributed by atoms with Gasteiger partial charge in [0.1, 0.15) is 16.8 Å². The Kier molecular flexibility index (Phi) is 3.42. The van der Waals surface area contributed by atoms with Crippen molar-refractivity contribution in [1.29, 1.82) is 0 Å². The summed E-state index contributed by atoms with van der Waals surface area (Å²) in [7, 11) is 0. The highest BCUT2D eigenvalue weighted by atomic mass is 35.5. The molecule has 0 amide bonds. The van der Waals surface area contributed by atoms with Gasteiger partial charge in [0.15, 0.2) is 0 Å². The molecule has 2 unspecified atom stereocenters. The molecule has 2 atom stereocenters. The fraction of sp³-hybridized carbons (Fsp3) is 0.714. The number of nitrogens with zero attached hydrogens (tertiary/aromatic N) is 3. The molecule has 2 heterocycles. The van der Waals surface area contributed by atoms with E-state index in [0.717, 1.165) is 30.5 Å². The Bertz CT molecular complexity index is 435. The number of anilines is 1. The predicted octanol–water partition coefficient (Wildman–Crippen LogP) is 3.46. The van der Waals surface area contributed by atoms with Gasteiger partial charge in [-0.15, -0.1) is 0 Å². The second-order valence-corrected chi connectivity index (χ2v) is 5.80. The molecule has 3 nitrogen and oxygen atoms in total. The van der Waals surface area contributed by atoms with Gasteiger partial charge < -0.3 is 4.90 Å². The van der Waals surface area contributed by atoms with E-state index in [2.05, 4.69) is 21.8 Å². The van der Waals surface area contributed by atoms with E-state index in [1.807, 2.05) is 6.07 Å². The molecule has 1 saturated carbocycles. The van der Waals surface area contributed by atoms with Crippen LogP contribution in [0.3, 0.4) is 0 Å². The van der Waals surface area contributed by atoms with Crippen LogP contribution in [0.1, 0.15) is 44.9 Å². The third-order valence-electron chi connectivity index (χ3n) is 4.35. The van der Waals surface area contributed by atoms with Crippen LogP contribution in [0.15, 0.2) is 6.07 Å². The monoisotopic (exact) mass is 265 g/mol. The Morgan fingerprint density at radius 2 is 2.11 bits per heavy atom. The van der Waals surface area contributed by atoms with Gasteiger partial charge in [0.25, 0.3) is 0 Å². The first-order valence-corrected chi connectivity index (χ1v) is 7.46. The van der Waals surface area contributed by atoms with Gasteiger partial charge in [0.2, 0.25) is 0 Å². The van der Waals surface area contributed by atoms with Crippen molar-refractivity contribution in [2.75, 3.05) is 11.4 Å². The fourth-order valence-corrected chi connectivity index (χ4v) is 3.64. The van der Waals surface area contributed by atoms with E-state index >= 15 is 0 Å². The first-order valence-electron chi connectivity index (χ1n) is 7.08. The van der Waals surface area contributed by atoms with Crippen molar-refractivity contribution in [3.05, 3.63) is 17.0 Å². The molecule has 1 aliphatic heterocycles. The van der Waals surface area contributed by atoms with Crippen molar-refractivity contribution in [2.45, 2.75) is 51.5 Å². The first kappa shape index (κ1) is 12.2. The van der Waals surface area contributed by atoms with Crippen LogP contribution in [-0.4, -0.2) is 22.6 Å². The minimum atomic E-state index is 0.580. The van der Waals surface area contributed by atoms with Gasteiger partial charge in [-0.1, -0.05) is 31.4 Å². The number of aryl methyl sites for hydroxylation is 1. The number of aromatic nitrogens is 2. The molecule has 0 aromatic carbocycles. The zero-order valence-corrected chi connectivity index (χ0v) is 11.7. The Morgan fingerprint density at radius 3 is 2.94 bits per heavy atom. The van der Waals surface area contributed by atoms with Crippen LogP contribution in [0.4, 0.5) is 5.82 Å². The minimum Gasteiger partial charge on any atom is -0.353 e. The van der Waals surface area contributed by atoms with Crippen molar-refractivity contribution in [3.63, 3.8) is 0 Å². The number of fused-ring (bicyclic) bond motifs is 1. The summed E-state index contributed by atoms with van der Waals surface area (Å²) in [5, 5.41) is 0.580. The highest BCUT2D eigenvalue weighted by molar-refractivity contribution is 6.29. The van der Waals surface area contributed by atoms with E-state index in [4.69, 9.17) is 11.6 Å². The lowest BCUT2D eigenvalue weighted by atomic mass is 9.85. The van der Waals surface area contributed by atoms with Crippen LogP contribution in [0.2, 0.25) is 5.15 Å². The number of hydrogen-bond acceptors (Lipinski definition) is 3. The minimum absolute atomic E-state index is 0.580. The van der Waals surface area contributed by atoms with Crippen molar-refractivity contribution in [3.8, 4) is 0 Å². The molecule has 2 aliphatic rings. The van der Waals surface area contributed by atoms with E-state index in [-0.39, 0.29) is 0 Å². The summed E-state index contributed by atoms with van der Waals surface area (Å²) in [6, 6.07) is 2.62. The van der Waals surface area contributed by atoms with Gasteiger partial charge in [-0.2, -0.15) is 0 Å². The molecule has 1 aromatic rings. The Morgan fingerprint density at radius 1 is 1.28 bits per heavy atom. The Balaban J connectivity index is 1.88. The molecular formula is C14H20ClN3. The van der Waals surface area contributed by atoms with Crippen molar-refractivity contribution in [2.24, 2.45) is 5.92 Å². The van der Waals surface area contributed by atoms with Crippen LogP contribution < -0.4 is 4.90 Å². The molecule has 2 fully saturated rings. The molecule has 1 aliphatic carbocycles. The van der Waals surface area contributed by atoms with Crippen LogP contribution in [0.25, 0.3) is 0 Å². The summed E-state index contributed by atoms with van der Waals surface area (Å²) >= 11 is 6.10. The standard InChI is InChI=1S/C14H20ClN3/c1-2-13-16-12(15)9-14(17-13)18-8-7-10-5-3-4-6-11(10)18/h9-11H,2-8H2,1H3. The largest absolute Gasteiger partial charge is 0.353 e. The van der Waals surface area contributed by atoms with Crippen LogP contribution in [0.5, 0.6) is 0 Å². The van der Waals surface area contributed by atoms with Crippen molar-refractivity contribution < 1.29 is 0 Å². The topological polar surface area (TPSA) is 29.0 Å². The molecule has 1 aromatic heterocycles. The highest BCUT2D eigenvalue weighted by Crippen LogP contribution is 2.38. The summed E-state index contributed by atoms with van der Waals surface area (Å²) < 4.78 is 0. The van der Waals surface area contributed by atoms with Gasteiger partial charge in [0, 0.05) is 25.1 Å². The van der Waals surface area contributed by atoms with E-state index in [9.17, 15) is 0 Å². The number of halogens is 1. The summed E-state index contributed by atoms with van der Waals surface area (Å²) in [5.41, 5.74) is 0. The van der Waals surface area contributed by atoms with Gasteiger partial charge in [0.05, 0.1) is 0 Å². The molecule has 98 valence electrons. The smallest absolute Gasteiger partial charge is 0.134 e. The van der Waals surface area contributed by atoms with Gasteiger partial charge in [-0.05, 0) is 25.2 Å². The SMILES string of the molecule is CCc1nc(Cl)cc(N2CCC3CCCCC32)n1. The van der Waals surface area contributed by atoms with Crippen molar-refractivity contribution >= 4 is 17.4 Å². The molecule has 0 N–H and O–H groups in total.